The van der Waals surface area contributed by atoms with Crippen LogP contribution in [0.1, 0.15) is 29.1 Å². The van der Waals surface area contributed by atoms with E-state index >= 15 is 0 Å². The predicted molar refractivity (Wildman–Crippen MR) is 196 cm³/mol. The standard InChI is InChI=1S/C28H24NO.C14H16NSi.Ir/c1-28(2,3)18-19-14-15-29-25(16-19)21-12-13-26-24(17-21)23-11-7-10-22(27(23)30-26)20-8-5-4-6-9-20;1-16(2,3)13-9-10-14(15-11-13)12-7-5-4-6-8-12;/h4-11,13-17H,18H2,1-3H3;4-7,9-11H,1-3H3;/q2*-1;/i18D2;;. The number of hydrogen-bond donors (Lipinski definition) is 0. The molecule has 7 aromatic rings. The third-order valence-corrected chi connectivity index (χ3v) is 9.71. The fourth-order valence-corrected chi connectivity index (χ4v) is 6.41. The summed E-state index contributed by atoms with van der Waals surface area (Å²) < 4.78 is 23.5. The maximum absolute atomic E-state index is 8.61. The van der Waals surface area contributed by atoms with Gasteiger partial charge < -0.3 is 14.4 Å². The van der Waals surface area contributed by atoms with Crippen LogP contribution in [0.25, 0.3) is 55.6 Å². The molecular formula is C42H40IrN2OSi-2. The van der Waals surface area contributed by atoms with Crippen molar-refractivity contribution < 1.29 is 27.3 Å². The van der Waals surface area contributed by atoms with Gasteiger partial charge in [-0.15, -0.1) is 59.7 Å². The first-order valence-electron chi connectivity index (χ1n) is 16.7. The molecule has 0 saturated heterocycles. The number of rotatable bonds is 5. The first kappa shape index (κ1) is 31.4. The Balaban J connectivity index is 0.000000233. The molecule has 0 aliphatic rings. The van der Waals surface area contributed by atoms with E-state index in [1.165, 1.54) is 5.19 Å². The van der Waals surface area contributed by atoms with E-state index in [2.05, 4.69) is 78.1 Å². The number of para-hydroxylation sites is 1. The molecule has 239 valence electrons. The summed E-state index contributed by atoms with van der Waals surface area (Å²) in [5.74, 6) is 0. The largest absolute Gasteiger partial charge is 0.500 e. The molecule has 47 heavy (non-hydrogen) atoms. The number of hydrogen-bond acceptors (Lipinski definition) is 3. The number of nitrogens with zero attached hydrogens (tertiary/aromatic N) is 2. The minimum absolute atomic E-state index is 0. The molecular weight excluding hydrogens is 769 g/mol. The molecule has 0 unspecified atom stereocenters. The van der Waals surface area contributed by atoms with Crippen LogP contribution in [0.4, 0.5) is 0 Å². The summed E-state index contributed by atoms with van der Waals surface area (Å²) in [4.78, 5) is 9.03. The maximum Gasteiger partial charge on any atom is 0.128 e. The fraction of sp³-hybridized carbons (Fsp3) is 0.190. The molecule has 0 atom stereocenters. The average molecular weight is 811 g/mol. The Morgan fingerprint density at radius 3 is 2.23 bits per heavy atom. The average Bonchev–Trinajstić information content (AvgIpc) is 3.47. The quantitative estimate of drug-likeness (QED) is 0.128. The van der Waals surface area contributed by atoms with Crippen LogP contribution in [-0.4, -0.2) is 18.0 Å². The van der Waals surface area contributed by atoms with Crippen LogP contribution in [-0.2, 0) is 26.5 Å². The molecule has 3 aromatic heterocycles. The summed E-state index contributed by atoms with van der Waals surface area (Å²) in [7, 11) is -1.23. The van der Waals surface area contributed by atoms with E-state index in [1.807, 2.05) is 93.7 Å². The SMILES string of the molecule is C[Si](C)(C)c1ccc(-c2[c-]cccc2)nc1.[2H]C([2H])(c1ccnc(-c2[c-]cc3oc4c(-c5ccccc5)cccc4c3c2)c1)C(C)(C)C.[Ir]. The van der Waals surface area contributed by atoms with Gasteiger partial charge in [0.2, 0.25) is 0 Å². The monoisotopic (exact) mass is 811 g/mol. The van der Waals surface area contributed by atoms with E-state index in [4.69, 9.17) is 7.16 Å². The van der Waals surface area contributed by atoms with Crippen molar-refractivity contribution in [3.05, 3.63) is 139 Å². The molecule has 0 bridgehead atoms. The number of furan rings is 1. The summed E-state index contributed by atoms with van der Waals surface area (Å²) in [6.45, 7) is 12.7. The topological polar surface area (TPSA) is 38.9 Å². The van der Waals surface area contributed by atoms with Gasteiger partial charge in [0.05, 0.1) is 13.7 Å². The normalized spacial score (nSPS) is 12.5. The van der Waals surface area contributed by atoms with Gasteiger partial charge in [-0.1, -0.05) is 118 Å². The Morgan fingerprint density at radius 1 is 0.766 bits per heavy atom. The van der Waals surface area contributed by atoms with Gasteiger partial charge in [0, 0.05) is 46.2 Å². The summed E-state index contributed by atoms with van der Waals surface area (Å²) in [6.07, 6.45) is 2.21. The number of fused-ring (bicyclic) bond motifs is 3. The smallest absolute Gasteiger partial charge is 0.128 e. The third-order valence-electron chi connectivity index (χ3n) is 7.68. The van der Waals surface area contributed by atoms with Crippen molar-refractivity contribution in [2.24, 2.45) is 5.41 Å². The van der Waals surface area contributed by atoms with Gasteiger partial charge in [0.15, 0.2) is 0 Å². The van der Waals surface area contributed by atoms with Crippen LogP contribution >= 0.6 is 0 Å². The van der Waals surface area contributed by atoms with Gasteiger partial charge in [-0.3, -0.25) is 0 Å². The van der Waals surface area contributed by atoms with Crippen LogP contribution in [0.2, 0.25) is 19.6 Å². The molecule has 0 N–H and O–H groups in total. The van der Waals surface area contributed by atoms with Crippen molar-refractivity contribution in [3.8, 4) is 33.6 Å². The molecule has 0 fully saturated rings. The first-order valence-corrected chi connectivity index (χ1v) is 19.2. The predicted octanol–water partition coefficient (Wildman–Crippen LogP) is 10.8. The van der Waals surface area contributed by atoms with E-state index in [0.29, 0.717) is 11.3 Å². The van der Waals surface area contributed by atoms with Crippen molar-refractivity contribution in [2.45, 2.75) is 46.8 Å². The van der Waals surface area contributed by atoms with Crippen LogP contribution in [0.3, 0.4) is 0 Å². The molecule has 7 rings (SSSR count). The van der Waals surface area contributed by atoms with Gasteiger partial charge in [-0.05, 0) is 40.0 Å². The van der Waals surface area contributed by atoms with Crippen molar-refractivity contribution in [3.63, 3.8) is 0 Å². The van der Waals surface area contributed by atoms with E-state index in [0.717, 1.165) is 49.9 Å². The van der Waals surface area contributed by atoms with Crippen LogP contribution < -0.4 is 5.19 Å². The molecule has 3 heterocycles. The summed E-state index contributed by atoms with van der Waals surface area (Å²) in [6, 6.07) is 42.6. The molecule has 0 spiro atoms. The van der Waals surface area contributed by atoms with E-state index in [1.54, 1.807) is 12.3 Å². The molecule has 5 heteroatoms. The second kappa shape index (κ2) is 14.3. The maximum atomic E-state index is 8.61. The van der Waals surface area contributed by atoms with Crippen LogP contribution in [0.15, 0.2) is 126 Å². The molecule has 0 aliphatic heterocycles. The Labute approximate surface area is 296 Å². The van der Waals surface area contributed by atoms with Crippen molar-refractivity contribution in [1.29, 1.82) is 0 Å². The number of benzene rings is 4. The minimum Gasteiger partial charge on any atom is -0.500 e. The molecule has 0 amide bonds. The third kappa shape index (κ3) is 8.23. The van der Waals surface area contributed by atoms with Crippen LogP contribution in [0, 0.1) is 17.5 Å². The molecule has 4 aromatic carbocycles. The van der Waals surface area contributed by atoms with Crippen molar-refractivity contribution >= 4 is 35.2 Å². The molecule has 0 saturated carbocycles. The zero-order valence-electron chi connectivity index (χ0n) is 29.7. The van der Waals surface area contributed by atoms with E-state index < -0.39 is 19.9 Å². The number of aromatic nitrogens is 2. The summed E-state index contributed by atoms with van der Waals surface area (Å²) >= 11 is 0. The number of pyridine rings is 2. The van der Waals surface area contributed by atoms with Gasteiger partial charge in [-0.25, -0.2) is 0 Å². The van der Waals surface area contributed by atoms with Gasteiger partial charge in [0.1, 0.15) is 5.58 Å². The van der Waals surface area contributed by atoms with Gasteiger partial charge in [-0.2, -0.15) is 0 Å². The second-order valence-electron chi connectivity index (χ2n) is 13.5. The van der Waals surface area contributed by atoms with Crippen LogP contribution in [0.5, 0.6) is 0 Å². The minimum atomic E-state index is -1.48. The van der Waals surface area contributed by atoms with Crippen molar-refractivity contribution in [2.75, 3.05) is 0 Å². The molecule has 0 aliphatic carbocycles. The Bertz CT molecular complexity index is 2170. The van der Waals surface area contributed by atoms with E-state index in [9.17, 15) is 0 Å². The molecule has 3 nitrogen and oxygen atoms in total. The van der Waals surface area contributed by atoms with Gasteiger partial charge in [0.25, 0.3) is 0 Å². The van der Waals surface area contributed by atoms with E-state index in [-0.39, 0.29) is 20.1 Å². The fourth-order valence-electron chi connectivity index (χ4n) is 5.37. The first-order chi connectivity index (χ1) is 22.8. The van der Waals surface area contributed by atoms with Crippen molar-refractivity contribution in [1.82, 2.24) is 9.97 Å². The Kier molecular flexibility index (Phi) is 9.58. The zero-order chi connectivity index (χ0) is 34.1. The second-order valence-corrected chi connectivity index (χ2v) is 18.6. The van der Waals surface area contributed by atoms with Gasteiger partial charge >= 0.3 is 0 Å². The Hall–Kier alpha value is -4.15. The zero-order valence-corrected chi connectivity index (χ0v) is 31.1. The Morgan fingerprint density at radius 2 is 1.55 bits per heavy atom. The summed E-state index contributed by atoms with van der Waals surface area (Å²) in [5.41, 5.74) is 7.45. The summed E-state index contributed by atoms with van der Waals surface area (Å²) in [5, 5.41) is 3.43. The molecule has 1 radical (unpaired) electrons.